The summed E-state index contributed by atoms with van der Waals surface area (Å²) in [7, 11) is 0. The molecule has 26 heteroatoms. The van der Waals surface area contributed by atoms with Gasteiger partial charge in [0.1, 0.15) is 17.6 Å². The highest BCUT2D eigenvalue weighted by atomic mass is 32.2. The fourth-order valence-corrected chi connectivity index (χ4v) is 16.6. The van der Waals surface area contributed by atoms with Crippen LogP contribution in [0.15, 0.2) is 207 Å². The van der Waals surface area contributed by atoms with Crippen LogP contribution in [0.5, 0.6) is 5.75 Å². The molecule has 101 heavy (non-hydrogen) atoms. The van der Waals surface area contributed by atoms with E-state index in [1.807, 2.05) is 77.2 Å². The molecule has 9 aromatic rings. The second-order valence-corrected chi connectivity index (χ2v) is 31.9. The van der Waals surface area contributed by atoms with Crippen molar-refractivity contribution in [3.8, 4) is 5.75 Å². The molecule has 0 spiro atoms. The number of oxazole rings is 1. The van der Waals surface area contributed by atoms with Gasteiger partial charge in [0.2, 0.25) is 23.6 Å². The Bertz CT molecular complexity index is 4010. The van der Waals surface area contributed by atoms with Crippen LogP contribution in [0.4, 0.5) is 32.5 Å². The Kier molecular flexibility index (Phi) is 27.8. The van der Waals surface area contributed by atoms with Crippen molar-refractivity contribution in [1.29, 1.82) is 0 Å². The second-order valence-electron chi connectivity index (χ2n) is 25.0. The molecule has 20 nitrogen and oxygen atoms in total. The van der Waals surface area contributed by atoms with Crippen molar-refractivity contribution in [1.82, 2.24) is 34.7 Å². The van der Waals surface area contributed by atoms with Crippen molar-refractivity contribution in [2.45, 2.75) is 132 Å². The number of ether oxygens (including phenoxy) is 1. The number of likely N-dealkylation sites (tertiary alicyclic amines) is 2. The maximum absolute atomic E-state index is 13.0. The molecular formula is C75H83N13O7S6. The Balaban J connectivity index is 0.000000163. The number of carbonyl (C=O) groups is 5. The monoisotopic (exact) mass is 1470 g/mol. The zero-order valence-electron chi connectivity index (χ0n) is 56.6. The van der Waals surface area contributed by atoms with Crippen LogP contribution in [0.3, 0.4) is 0 Å². The number of hydrogen-bond acceptors (Lipinski definition) is 21. The Morgan fingerprint density at radius 3 is 1.46 bits per heavy atom. The SMILES string of the molecule is C=CC(=O)Nc1ccc(C(=O)N2CCC[C@@H](Nc3ncc(SCc4ccccc4)s3)C2)cc1.C=CC(=O)Nc1ccc(C(=O)N2CCC[C@@H](Nc3ncc(SCc4cccnc4)s3)C2)cc1.C=CC(=O)Nc1ccc(O[C@@H]2CCC[C@@H](Nc3ncc(SCc4ncc(C(C)(C)C)o4)s3)C2)cc1. The lowest BCUT2D eigenvalue weighted by atomic mass is 9.93. The average molecular weight is 1470 g/mol. The van der Waals surface area contributed by atoms with Gasteiger partial charge in [0.15, 0.2) is 15.4 Å². The van der Waals surface area contributed by atoms with Gasteiger partial charge in [0.25, 0.3) is 11.8 Å². The summed E-state index contributed by atoms with van der Waals surface area (Å²) in [5.74, 6) is 4.14. The van der Waals surface area contributed by atoms with Crippen molar-refractivity contribution in [2.75, 3.05) is 58.1 Å². The van der Waals surface area contributed by atoms with E-state index in [0.29, 0.717) is 47.4 Å². The number of carbonyl (C=O) groups excluding carboxylic acids is 5. The smallest absolute Gasteiger partial charge is 0.253 e. The third kappa shape index (κ3) is 23.8. The van der Waals surface area contributed by atoms with Crippen molar-refractivity contribution in [3.63, 3.8) is 0 Å². The van der Waals surface area contributed by atoms with Crippen LogP contribution >= 0.6 is 69.3 Å². The summed E-state index contributed by atoms with van der Waals surface area (Å²) in [4.78, 5) is 86.2. The summed E-state index contributed by atoms with van der Waals surface area (Å²) in [5.41, 5.74) is 5.66. The van der Waals surface area contributed by atoms with E-state index in [-0.39, 0.29) is 53.1 Å². The molecule has 3 fully saturated rings. The van der Waals surface area contributed by atoms with E-state index in [2.05, 4.69) is 128 Å². The van der Waals surface area contributed by atoms with E-state index >= 15 is 0 Å². The largest absolute Gasteiger partial charge is 0.490 e. The molecule has 6 N–H and O–H groups in total. The first-order valence-electron chi connectivity index (χ1n) is 33.3. The van der Waals surface area contributed by atoms with Crippen molar-refractivity contribution >= 4 is 131 Å². The van der Waals surface area contributed by atoms with E-state index in [1.54, 1.807) is 124 Å². The minimum atomic E-state index is -0.278. The number of nitrogens with zero attached hydrogens (tertiary/aromatic N) is 7. The lowest BCUT2D eigenvalue weighted by molar-refractivity contribution is -0.112. The predicted octanol–water partition coefficient (Wildman–Crippen LogP) is 16.6. The van der Waals surface area contributed by atoms with Gasteiger partial charge in [0.05, 0.1) is 43.2 Å². The minimum Gasteiger partial charge on any atom is -0.490 e. The van der Waals surface area contributed by atoms with Crippen LogP contribution in [0, 0.1) is 0 Å². The van der Waals surface area contributed by atoms with Crippen molar-refractivity contribution < 1.29 is 33.1 Å². The molecule has 5 amide bonds. The van der Waals surface area contributed by atoms with Gasteiger partial charge in [-0.1, -0.05) is 111 Å². The molecule has 12 rings (SSSR count). The molecule has 4 atom stereocenters. The molecule has 0 bridgehead atoms. The summed E-state index contributed by atoms with van der Waals surface area (Å²) in [5, 5.41) is 21.5. The summed E-state index contributed by atoms with van der Waals surface area (Å²) in [6, 6.07) is 36.4. The van der Waals surface area contributed by atoms with Crippen molar-refractivity contribution in [3.05, 3.63) is 224 Å². The lowest BCUT2D eigenvalue weighted by Crippen LogP contribution is -2.45. The zero-order chi connectivity index (χ0) is 70.9. The Morgan fingerprint density at radius 2 is 0.990 bits per heavy atom. The number of benzene rings is 4. The van der Waals surface area contributed by atoms with Gasteiger partial charge < -0.3 is 50.9 Å². The molecule has 5 aromatic heterocycles. The Labute approximate surface area is 614 Å². The van der Waals surface area contributed by atoms with E-state index in [4.69, 9.17) is 9.15 Å². The van der Waals surface area contributed by atoms with Crippen LogP contribution < -0.4 is 36.6 Å². The number of thiazole rings is 3. The molecule has 7 heterocycles. The Hall–Kier alpha value is -9.05. The molecule has 2 aliphatic heterocycles. The molecule has 2 saturated heterocycles. The van der Waals surface area contributed by atoms with E-state index in [9.17, 15) is 24.0 Å². The first-order valence-corrected chi connectivity index (χ1v) is 38.7. The van der Waals surface area contributed by atoms with Gasteiger partial charge >= 0.3 is 0 Å². The van der Waals surface area contributed by atoms with Gasteiger partial charge in [-0.15, -0.1) is 35.3 Å². The van der Waals surface area contributed by atoms with E-state index in [0.717, 1.165) is 123 Å². The first-order chi connectivity index (χ1) is 49.0. The summed E-state index contributed by atoms with van der Waals surface area (Å²) >= 11 is 10.2. The standard InChI is InChI=1S/C26H32N4O3S2.C25H26N4O2S2.C24H25N5O2S2/c1-5-22(31)29-17-9-11-19(12-10-17)32-20-8-6-7-18(13-20)30-25-28-15-24(35-25)34-16-23-27-14-21(33-23)26(2,3)4;1-2-22(30)27-20-12-10-19(11-13-20)24(31)29-14-6-9-21(16-29)28-25-26-15-23(33-25)32-17-18-7-4-3-5-8-18;1-2-21(30)27-19-9-7-18(8-10-19)23(31)29-12-4-6-20(15-29)28-24-26-14-22(33-24)32-16-17-5-3-11-25-13-17/h5,9-12,14-15,18,20H,1,6-8,13,16H2,2-4H3,(H,28,30)(H,29,31);2-5,7-8,10-13,15,21H,1,6,9,14,16-17H2,(H,26,28)(H,27,30);2-3,5,7-11,13-14,20H,1,4,6,12,15-16H2,(H,26,28)(H,27,30)/t18-,20-;21-;20-/m111/s1. The molecule has 526 valence electrons. The number of hydrogen-bond donors (Lipinski definition) is 6. The maximum Gasteiger partial charge on any atom is 0.253 e. The number of amides is 5. The molecule has 4 aromatic carbocycles. The number of piperidine rings is 2. The predicted molar refractivity (Wildman–Crippen MR) is 412 cm³/mol. The second kappa shape index (κ2) is 37.6. The number of pyridine rings is 1. The van der Waals surface area contributed by atoms with Gasteiger partial charge in [-0.05, 0) is 153 Å². The summed E-state index contributed by atoms with van der Waals surface area (Å²) in [6.45, 7) is 19.4. The third-order valence-electron chi connectivity index (χ3n) is 16.2. The number of anilines is 6. The third-order valence-corrected chi connectivity index (χ3v) is 22.7. The highest BCUT2D eigenvalue weighted by Gasteiger charge is 2.29. The van der Waals surface area contributed by atoms with Crippen LogP contribution in [-0.2, 0) is 37.1 Å². The molecular weight excluding hydrogens is 1390 g/mol. The average Bonchev–Trinajstić information content (AvgIpc) is 1.65. The van der Waals surface area contributed by atoms with Gasteiger partial charge in [-0.2, -0.15) is 0 Å². The van der Waals surface area contributed by atoms with E-state index in [1.165, 1.54) is 33.6 Å². The van der Waals surface area contributed by atoms with Crippen LogP contribution in [0.25, 0.3) is 0 Å². The Morgan fingerprint density at radius 1 is 0.535 bits per heavy atom. The number of rotatable bonds is 25. The quantitative estimate of drug-likeness (QED) is 0.0230. The van der Waals surface area contributed by atoms with Crippen LogP contribution in [-0.4, -0.2) is 115 Å². The molecule has 3 aliphatic rings. The highest BCUT2D eigenvalue weighted by molar-refractivity contribution is 8.01. The van der Waals surface area contributed by atoms with Gasteiger partial charge in [-0.25, -0.2) is 19.9 Å². The minimum absolute atomic E-state index is 0.00124. The fraction of sp³-hybridized carbons (Fsp3) is 0.307. The number of nitrogens with one attached hydrogen (secondary N) is 6. The van der Waals surface area contributed by atoms with Gasteiger partial charge in [0, 0.05) is 108 Å². The first kappa shape index (κ1) is 74.6. The van der Waals surface area contributed by atoms with Gasteiger partial charge in [-0.3, -0.25) is 29.0 Å². The highest BCUT2D eigenvalue weighted by Crippen LogP contribution is 2.36. The molecule has 1 saturated carbocycles. The van der Waals surface area contributed by atoms with Crippen LogP contribution in [0.2, 0.25) is 0 Å². The molecule has 0 radical (unpaired) electrons. The van der Waals surface area contributed by atoms with Crippen molar-refractivity contribution in [2.24, 2.45) is 0 Å². The summed E-state index contributed by atoms with van der Waals surface area (Å²) in [6.07, 6.45) is 23.0. The maximum atomic E-state index is 13.0. The topological polar surface area (TPSA) is 251 Å². The zero-order valence-corrected chi connectivity index (χ0v) is 61.5. The van der Waals surface area contributed by atoms with Crippen LogP contribution in [0.1, 0.15) is 116 Å². The number of aromatic nitrogens is 5. The molecule has 1 aliphatic carbocycles. The lowest BCUT2D eigenvalue weighted by Gasteiger charge is -2.33. The van der Waals surface area contributed by atoms with E-state index < -0.39 is 0 Å². The fourth-order valence-electron chi connectivity index (χ4n) is 11.0. The normalized spacial score (nSPS) is 16.5. The number of thioether (sulfide) groups is 3. The summed E-state index contributed by atoms with van der Waals surface area (Å²) < 4.78 is 15.6. The molecule has 0 unspecified atom stereocenters.